The second-order valence-corrected chi connectivity index (χ2v) is 4.70. The summed E-state index contributed by atoms with van der Waals surface area (Å²) in [5.41, 5.74) is 8.33. The average Bonchev–Trinajstić information content (AvgIpc) is 2.73. The minimum absolute atomic E-state index is 0.0936. The van der Waals surface area contributed by atoms with Crippen molar-refractivity contribution in [1.29, 1.82) is 0 Å². The van der Waals surface area contributed by atoms with Gasteiger partial charge >= 0.3 is 0 Å². The first-order valence-corrected chi connectivity index (χ1v) is 6.13. The van der Waals surface area contributed by atoms with E-state index in [-0.39, 0.29) is 17.8 Å². The van der Waals surface area contributed by atoms with Gasteiger partial charge in [-0.2, -0.15) is 4.98 Å². The Hall–Kier alpha value is -2.24. The summed E-state index contributed by atoms with van der Waals surface area (Å²) < 4.78 is 13.5. The highest BCUT2D eigenvalue weighted by atomic mass is 19.1. The Bertz CT molecular complexity index is 628. The van der Waals surface area contributed by atoms with E-state index in [0.717, 1.165) is 24.0 Å². The highest BCUT2D eigenvalue weighted by molar-refractivity contribution is 5.43. The molecule has 0 aliphatic heterocycles. The molecule has 2 aromatic rings. The second-order valence-electron chi connectivity index (χ2n) is 4.70. The maximum Gasteiger partial charge on any atom is 0.227 e. The van der Waals surface area contributed by atoms with Crippen LogP contribution in [0.1, 0.15) is 29.2 Å². The molecule has 0 fully saturated rings. The van der Waals surface area contributed by atoms with Gasteiger partial charge in [0.15, 0.2) is 0 Å². The molecule has 19 heavy (non-hydrogen) atoms. The van der Waals surface area contributed by atoms with Crippen molar-refractivity contribution in [2.45, 2.75) is 25.8 Å². The predicted octanol–water partition coefficient (Wildman–Crippen LogP) is 2.00. The third-order valence-electron chi connectivity index (χ3n) is 3.39. The summed E-state index contributed by atoms with van der Waals surface area (Å²) >= 11 is 0. The molecule has 5 nitrogen and oxygen atoms in total. The van der Waals surface area contributed by atoms with E-state index in [1.165, 1.54) is 6.33 Å². The molecule has 3 N–H and O–H groups in total. The molecule has 98 valence electrons. The maximum atomic E-state index is 13.5. The van der Waals surface area contributed by atoms with E-state index in [1.54, 1.807) is 13.0 Å². The Morgan fingerprint density at radius 2 is 2.21 bits per heavy atom. The van der Waals surface area contributed by atoms with E-state index in [1.807, 2.05) is 6.07 Å². The summed E-state index contributed by atoms with van der Waals surface area (Å²) in [6.45, 7) is 1.77. The van der Waals surface area contributed by atoms with Crippen LogP contribution in [0.15, 0.2) is 18.5 Å². The zero-order valence-electron chi connectivity index (χ0n) is 10.5. The highest BCUT2D eigenvalue weighted by Gasteiger charge is 2.24. The summed E-state index contributed by atoms with van der Waals surface area (Å²) in [7, 11) is 0. The fourth-order valence-electron chi connectivity index (χ4n) is 2.43. The van der Waals surface area contributed by atoms with Crippen LogP contribution in [-0.4, -0.2) is 15.0 Å². The Morgan fingerprint density at radius 1 is 1.37 bits per heavy atom. The number of anilines is 2. The maximum absolute atomic E-state index is 13.5. The first kappa shape index (κ1) is 11.8. The van der Waals surface area contributed by atoms with Gasteiger partial charge in [0, 0.05) is 0 Å². The van der Waals surface area contributed by atoms with Gasteiger partial charge < -0.3 is 11.1 Å². The molecule has 0 spiro atoms. The standard InChI is InChI=1S/C13H14FN5/c1-7-4-9-8(5-10(7)14)2-3-11(9)18-13-17-6-16-12(15)19-13/h4-6,11H,2-3H2,1H3,(H3,15,16,17,18,19). The Labute approximate surface area is 110 Å². The van der Waals surface area contributed by atoms with Gasteiger partial charge in [-0.15, -0.1) is 0 Å². The Morgan fingerprint density at radius 3 is 3.00 bits per heavy atom. The molecule has 1 aliphatic carbocycles. The number of halogens is 1. The number of nitrogen functional groups attached to an aromatic ring is 1. The van der Waals surface area contributed by atoms with E-state index >= 15 is 0 Å². The molecule has 0 bridgehead atoms. The van der Waals surface area contributed by atoms with Gasteiger partial charge in [0.25, 0.3) is 0 Å². The normalized spacial score (nSPS) is 17.3. The number of rotatable bonds is 2. The fraction of sp³-hybridized carbons (Fsp3) is 0.308. The number of fused-ring (bicyclic) bond motifs is 1. The van der Waals surface area contributed by atoms with E-state index in [0.29, 0.717) is 11.5 Å². The minimum Gasteiger partial charge on any atom is -0.368 e. The number of aromatic nitrogens is 3. The van der Waals surface area contributed by atoms with Crippen LogP contribution in [0, 0.1) is 12.7 Å². The highest BCUT2D eigenvalue weighted by Crippen LogP contribution is 2.34. The van der Waals surface area contributed by atoms with E-state index in [4.69, 9.17) is 5.73 Å². The third-order valence-corrected chi connectivity index (χ3v) is 3.39. The topological polar surface area (TPSA) is 76.7 Å². The van der Waals surface area contributed by atoms with Crippen molar-refractivity contribution >= 4 is 11.9 Å². The zero-order chi connectivity index (χ0) is 13.4. The summed E-state index contributed by atoms with van der Waals surface area (Å²) in [6.07, 6.45) is 3.12. The van der Waals surface area contributed by atoms with Gasteiger partial charge in [-0.05, 0) is 42.5 Å². The number of nitrogens with one attached hydrogen (secondary N) is 1. The fourth-order valence-corrected chi connectivity index (χ4v) is 2.43. The van der Waals surface area contributed by atoms with E-state index in [9.17, 15) is 4.39 Å². The van der Waals surface area contributed by atoms with Crippen LogP contribution in [0.5, 0.6) is 0 Å². The number of aryl methyl sites for hydroxylation is 2. The summed E-state index contributed by atoms with van der Waals surface area (Å²) in [6, 6.07) is 3.60. The largest absolute Gasteiger partial charge is 0.368 e. The molecule has 1 aromatic heterocycles. The number of hydrogen-bond donors (Lipinski definition) is 2. The van der Waals surface area contributed by atoms with Crippen LogP contribution in [0.3, 0.4) is 0 Å². The van der Waals surface area contributed by atoms with Crippen molar-refractivity contribution in [3.05, 3.63) is 41.0 Å². The lowest BCUT2D eigenvalue weighted by Gasteiger charge is -2.14. The quantitative estimate of drug-likeness (QED) is 0.862. The van der Waals surface area contributed by atoms with Crippen LogP contribution < -0.4 is 11.1 Å². The third kappa shape index (κ3) is 2.21. The number of hydrogen-bond acceptors (Lipinski definition) is 5. The first-order chi connectivity index (χ1) is 9.13. The molecule has 1 aromatic carbocycles. The van der Waals surface area contributed by atoms with Gasteiger partial charge in [-0.25, -0.2) is 14.4 Å². The van der Waals surface area contributed by atoms with Crippen LogP contribution >= 0.6 is 0 Å². The minimum atomic E-state index is -0.149. The van der Waals surface area contributed by atoms with Crippen LogP contribution in [0.25, 0.3) is 0 Å². The molecule has 0 amide bonds. The van der Waals surface area contributed by atoms with Crippen molar-refractivity contribution in [2.75, 3.05) is 11.1 Å². The molecule has 0 saturated carbocycles. The van der Waals surface area contributed by atoms with Crippen LogP contribution in [-0.2, 0) is 6.42 Å². The summed E-state index contributed by atoms with van der Waals surface area (Å²) in [4.78, 5) is 11.8. The van der Waals surface area contributed by atoms with Gasteiger partial charge in [0.05, 0.1) is 6.04 Å². The zero-order valence-corrected chi connectivity index (χ0v) is 10.5. The van der Waals surface area contributed by atoms with Crippen molar-refractivity contribution in [1.82, 2.24) is 15.0 Å². The number of nitrogens with zero attached hydrogens (tertiary/aromatic N) is 3. The molecule has 0 radical (unpaired) electrons. The van der Waals surface area contributed by atoms with Gasteiger partial charge in [0.1, 0.15) is 12.1 Å². The molecule has 1 aliphatic rings. The summed E-state index contributed by atoms with van der Waals surface area (Å²) in [5.74, 6) is 0.488. The number of benzene rings is 1. The molecule has 0 saturated heterocycles. The van der Waals surface area contributed by atoms with Gasteiger partial charge in [0.2, 0.25) is 11.9 Å². The molecule has 1 heterocycles. The van der Waals surface area contributed by atoms with Crippen molar-refractivity contribution in [3.63, 3.8) is 0 Å². The smallest absolute Gasteiger partial charge is 0.227 e. The predicted molar refractivity (Wildman–Crippen MR) is 70.1 cm³/mol. The summed E-state index contributed by atoms with van der Waals surface area (Å²) in [5, 5.41) is 3.22. The van der Waals surface area contributed by atoms with Crippen LogP contribution in [0.2, 0.25) is 0 Å². The Balaban J connectivity index is 1.88. The van der Waals surface area contributed by atoms with Crippen molar-refractivity contribution < 1.29 is 4.39 Å². The molecular weight excluding hydrogens is 245 g/mol. The molecule has 1 unspecified atom stereocenters. The average molecular weight is 259 g/mol. The lowest BCUT2D eigenvalue weighted by molar-refractivity contribution is 0.616. The Kier molecular flexibility index (Phi) is 2.77. The first-order valence-electron chi connectivity index (χ1n) is 6.13. The molecular formula is C13H14FN5. The molecule has 3 rings (SSSR count). The SMILES string of the molecule is Cc1cc2c(cc1F)CCC2Nc1ncnc(N)n1. The van der Waals surface area contributed by atoms with Crippen molar-refractivity contribution in [2.24, 2.45) is 0 Å². The number of nitrogens with two attached hydrogens (primary N) is 1. The van der Waals surface area contributed by atoms with Gasteiger partial charge in [-0.1, -0.05) is 6.07 Å². The van der Waals surface area contributed by atoms with Gasteiger partial charge in [-0.3, -0.25) is 0 Å². The van der Waals surface area contributed by atoms with Crippen LogP contribution in [0.4, 0.5) is 16.3 Å². The monoisotopic (exact) mass is 259 g/mol. The van der Waals surface area contributed by atoms with E-state index < -0.39 is 0 Å². The second kappa shape index (κ2) is 4.46. The lowest BCUT2D eigenvalue weighted by Crippen LogP contribution is -2.11. The lowest BCUT2D eigenvalue weighted by atomic mass is 10.0. The molecule has 1 atom stereocenters. The van der Waals surface area contributed by atoms with Crippen molar-refractivity contribution in [3.8, 4) is 0 Å². The molecule has 6 heteroatoms. The van der Waals surface area contributed by atoms with E-state index in [2.05, 4.69) is 20.3 Å².